The van der Waals surface area contributed by atoms with E-state index in [4.69, 9.17) is 9.72 Å². The van der Waals surface area contributed by atoms with E-state index in [0.29, 0.717) is 18.8 Å². The number of aryl methyl sites for hydroxylation is 3. The highest BCUT2D eigenvalue weighted by Gasteiger charge is 2.13. The fourth-order valence-corrected chi connectivity index (χ4v) is 3.68. The van der Waals surface area contributed by atoms with Gasteiger partial charge in [-0.2, -0.15) is 0 Å². The summed E-state index contributed by atoms with van der Waals surface area (Å²) in [5.74, 6) is 1.57. The number of pyridine rings is 1. The van der Waals surface area contributed by atoms with Crippen LogP contribution in [0, 0.1) is 13.8 Å². The van der Waals surface area contributed by atoms with E-state index >= 15 is 0 Å². The summed E-state index contributed by atoms with van der Waals surface area (Å²) in [6, 6.07) is 19.5. The largest absolute Gasteiger partial charge is 0.493 e. The second kappa shape index (κ2) is 9.43. The normalized spacial score (nSPS) is 10.9. The van der Waals surface area contributed by atoms with E-state index in [9.17, 15) is 4.79 Å². The van der Waals surface area contributed by atoms with Gasteiger partial charge in [-0.15, -0.1) is 0 Å². The van der Waals surface area contributed by atoms with Crippen LogP contribution in [0.25, 0.3) is 11.0 Å². The molecule has 6 nitrogen and oxygen atoms in total. The molecular formula is C25H26N4O2. The van der Waals surface area contributed by atoms with Gasteiger partial charge in [0, 0.05) is 12.7 Å². The van der Waals surface area contributed by atoms with Crippen LogP contribution < -0.4 is 10.1 Å². The second-order valence-electron chi connectivity index (χ2n) is 7.49. The zero-order valence-electron chi connectivity index (χ0n) is 17.8. The van der Waals surface area contributed by atoms with Crippen molar-refractivity contribution in [2.24, 2.45) is 0 Å². The molecule has 4 rings (SSSR count). The Labute approximate surface area is 181 Å². The second-order valence-corrected chi connectivity index (χ2v) is 7.49. The van der Waals surface area contributed by atoms with E-state index in [1.807, 2.05) is 24.3 Å². The summed E-state index contributed by atoms with van der Waals surface area (Å²) >= 11 is 0. The van der Waals surface area contributed by atoms with E-state index < -0.39 is 0 Å². The molecule has 1 amide bonds. The molecule has 2 aromatic carbocycles. The van der Waals surface area contributed by atoms with Gasteiger partial charge in [0.25, 0.3) is 5.91 Å². The molecule has 0 radical (unpaired) electrons. The summed E-state index contributed by atoms with van der Waals surface area (Å²) in [7, 11) is 0. The molecule has 0 aliphatic carbocycles. The van der Waals surface area contributed by atoms with Crippen LogP contribution in [-0.2, 0) is 13.1 Å². The van der Waals surface area contributed by atoms with Crippen LogP contribution in [0.2, 0.25) is 0 Å². The average Bonchev–Trinajstić information content (AvgIpc) is 3.14. The van der Waals surface area contributed by atoms with Crippen molar-refractivity contribution in [1.29, 1.82) is 0 Å². The third-order valence-electron chi connectivity index (χ3n) is 5.22. The van der Waals surface area contributed by atoms with Crippen LogP contribution in [-0.4, -0.2) is 27.0 Å². The third-order valence-corrected chi connectivity index (χ3v) is 5.22. The van der Waals surface area contributed by atoms with Gasteiger partial charge in [-0.1, -0.05) is 36.4 Å². The van der Waals surface area contributed by atoms with Crippen molar-refractivity contribution in [3.05, 3.63) is 89.5 Å². The molecule has 0 unspecified atom stereocenters. The predicted molar refractivity (Wildman–Crippen MR) is 121 cm³/mol. The maximum atomic E-state index is 12.4. The summed E-state index contributed by atoms with van der Waals surface area (Å²) in [6.45, 7) is 5.82. The summed E-state index contributed by atoms with van der Waals surface area (Å²) in [4.78, 5) is 21.2. The van der Waals surface area contributed by atoms with E-state index in [1.54, 1.807) is 24.4 Å². The van der Waals surface area contributed by atoms with Crippen molar-refractivity contribution >= 4 is 16.9 Å². The molecule has 0 spiro atoms. The topological polar surface area (TPSA) is 69.0 Å². The average molecular weight is 415 g/mol. The molecule has 4 aromatic rings. The number of imidazole rings is 1. The van der Waals surface area contributed by atoms with Crippen molar-refractivity contribution in [3.63, 3.8) is 0 Å². The van der Waals surface area contributed by atoms with Crippen LogP contribution >= 0.6 is 0 Å². The highest BCUT2D eigenvalue weighted by Crippen LogP contribution is 2.23. The first-order valence-electron chi connectivity index (χ1n) is 10.5. The van der Waals surface area contributed by atoms with Crippen molar-refractivity contribution in [1.82, 2.24) is 19.9 Å². The standard InChI is InChI=1S/C25H26N4O2/c1-18-9-7-10-19(2)24(18)31-16-8-15-29-22-13-4-3-11-20(22)28-23(29)17-27-25(30)21-12-5-6-14-26-21/h3-7,9-14H,8,15-17H2,1-2H3,(H,27,30). The molecule has 1 N–H and O–H groups in total. The molecule has 0 atom stereocenters. The maximum absolute atomic E-state index is 12.4. The lowest BCUT2D eigenvalue weighted by Gasteiger charge is -2.13. The smallest absolute Gasteiger partial charge is 0.270 e. The number of benzene rings is 2. The Morgan fingerprint density at radius 3 is 2.55 bits per heavy atom. The zero-order chi connectivity index (χ0) is 21.6. The molecule has 2 aromatic heterocycles. The van der Waals surface area contributed by atoms with Gasteiger partial charge in [0.05, 0.1) is 24.2 Å². The maximum Gasteiger partial charge on any atom is 0.270 e. The molecular weight excluding hydrogens is 388 g/mol. The van der Waals surface area contributed by atoms with Crippen LogP contribution in [0.4, 0.5) is 0 Å². The first kappa shape index (κ1) is 20.6. The Bertz CT molecular complexity index is 1160. The van der Waals surface area contributed by atoms with Crippen molar-refractivity contribution in [3.8, 4) is 5.75 Å². The van der Waals surface area contributed by atoms with Crippen LogP contribution in [0.1, 0.15) is 33.9 Å². The monoisotopic (exact) mass is 414 g/mol. The number of hydrogen-bond donors (Lipinski definition) is 1. The van der Waals surface area contributed by atoms with Gasteiger partial charge in [0.2, 0.25) is 0 Å². The number of aromatic nitrogens is 3. The van der Waals surface area contributed by atoms with E-state index in [0.717, 1.165) is 46.7 Å². The van der Waals surface area contributed by atoms with Gasteiger partial charge in [-0.3, -0.25) is 9.78 Å². The minimum Gasteiger partial charge on any atom is -0.493 e. The Morgan fingerprint density at radius 2 is 1.77 bits per heavy atom. The lowest BCUT2D eigenvalue weighted by Crippen LogP contribution is -2.25. The van der Waals surface area contributed by atoms with E-state index in [2.05, 4.69) is 46.9 Å². The molecule has 0 aliphatic heterocycles. The Kier molecular flexibility index (Phi) is 6.26. The van der Waals surface area contributed by atoms with Crippen LogP contribution in [0.3, 0.4) is 0 Å². The molecule has 0 saturated heterocycles. The fourth-order valence-electron chi connectivity index (χ4n) is 3.68. The number of nitrogens with one attached hydrogen (secondary N) is 1. The van der Waals surface area contributed by atoms with Crippen LogP contribution in [0.5, 0.6) is 5.75 Å². The number of fused-ring (bicyclic) bond motifs is 1. The number of ether oxygens (including phenoxy) is 1. The minimum absolute atomic E-state index is 0.211. The summed E-state index contributed by atoms with van der Waals surface area (Å²) in [6.07, 6.45) is 2.44. The summed E-state index contributed by atoms with van der Waals surface area (Å²) < 4.78 is 8.22. The third kappa shape index (κ3) is 4.74. The van der Waals surface area contributed by atoms with Crippen molar-refractivity contribution in [2.45, 2.75) is 33.4 Å². The highest BCUT2D eigenvalue weighted by atomic mass is 16.5. The molecule has 0 aliphatic rings. The number of hydrogen-bond acceptors (Lipinski definition) is 4. The molecule has 0 bridgehead atoms. The van der Waals surface area contributed by atoms with E-state index in [1.165, 1.54) is 0 Å². The first-order valence-corrected chi connectivity index (χ1v) is 10.5. The van der Waals surface area contributed by atoms with Gasteiger partial charge < -0.3 is 14.6 Å². The molecule has 0 saturated carbocycles. The molecule has 0 fully saturated rings. The lowest BCUT2D eigenvalue weighted by molar-refractivity contribution is 0.0944. The van der Waals surface area contributed by atoms with Crippen molar-refractivity contribution in [2.75, 3.05) is 6.61 Å². The van der Waals surface area contributed by atoms with Gasteiger partial charge in [-0.05, 0) is 55.7 Å². The molecule has 158 valence electrons. The number of nitrogens with zero attached hydrogens (tertiary/aromatic N) is 3. The van der Waals surface area contributed by atoms with Gasteiger partial charge in [-0.25, -0.2) is 4.98 Å². The molecule has 31 heavy (non-hydrogen) atoms. The lowest BCUT2D eigenvalue weighted by atomic mass is 10.1. The molecule has 2 heterocycles. The minimum atomic E-state index is -0.211. The number of para-hydroxylation sites is 3. The SMILES string of the molecule is Cc1cccc(C)c1OCCCn1c(CNC(=O)c2ccccn2)nc2ccccc21. The van der Waals surface area contributed by atoms with E-state index in [-0.39, 0.29) is 5.91 Å². The highest BCUT2D eigenvalue weighted by molar-refractivity contribution is 5.92. The Morgan fingerprint density at radius 1 is 1.00 bits per heavy atom. The van der Waals surface area contributed by atoms with Crippen LogP contribution in [0.15, 0.2) is 66.9 Å². The fraction of sp³-hybridized carbons (Fsp3) is 0.240. The number of carbonyl (C=O) groups is 1. The zero-order valence-corrected chi connectivity index (χ0v) is 17.8. The predicted octanol–water partition coefficient (Wildman–Crippen LogP) is 4.45. The van der Waals surface area contributed by atoms with Gasteiger partial charge >= 0.3 is 0 Å². The van der Waals surface area contributed by atoms with Crippen molar-refractivity contribution < 1.29 is 9.53 Å². The first-order chi connectivity index (χ1) is 15.1. The molecule has 6 heteroatoms. The Hall–Kier alpha value is -3.67. The number of carbonyl (C=O) groups excluding carboxylic acids is 1. The van der Waals surface area contributed by atoms with Gasteiger partial charge in [0.15, 0.2) is 0 Å². The number of amides is 1. The number of rotatable bonds is 8. The Balaban J connectivity index is 1.44. The summed E-state index contributed by atoms with van der Waals surface area (Å²) in [5, 5.41) is 2.93. The summed E-state index contributed by atoms with van der Waals surface area (Å²) in [5.41, 5.74) is 4.65. The van der Waals surface area contributed by atoms with Gasteiger partial charge in [0.1, 0.15) is 17.3 Å². The quantitative estimate of drug-likeness (QED) is 0.433.